The summed E-state index contributed by atoms with van der Waals surface area (Å²) in [6, 6.07) is 6.68. The number of hydrogen-bond acceptors (Lipinski definition) is 5. The van der Waals surface area contributed by atoms with E-state index in [2.05, 4.69) is 4.98 Å². The molecule has 23 heavy (non-hydrogen) atoms. The molecular weight excluding hydrogens is 334 g/mol. The fraction of sp³-hybridized carbons (Fsp3) is 0.118. The van der Waals surface area contributed by atoms with Crippen molar-refractivity contribution in [1.29, 1.82) is 0 Å². The van der Waals surface area contributed by atoms with E-state index in [9.17, 15) is 9.59 Å². The summed E-state index contributed by atoms with van der Waals surface area (Å²) in [4.78, 5) is 29.3. The van der Waals surface area contributed by atoms with E-state index in [4.69, 9.17) is 16.3 Å². The molecule has 0 N–H and O–H groups in total. The lowest BCUT2D eigenvalue weighted by Crippen LogP contribution is -2.04. The minimum absolute atomic E-state index is 0.155. The molecule has 0 radical (unpaired) electrons. The van der Waals surface area contributed by atoms with Crippen molar-refractivity contribution in [3.8, 4) is 0 Å². The average molecular weight is 346 g/mol. The van der Waals surface area contributed by atoms with Crippen LogP contribution in [0.2, 0.25) is 5.02 Å². The molecule has 0 bridgehead atoms. The minimum atomic E-state index is -0.409. The zero-order chi connectivity index (χ0) is 16.6. The van der Waals surface area contributed by atoms with Crippen LogP contribution in [0.15, 0.2) is 36.7 Å². The summed E-state index contributed by atoms with van der Waals surface area (Å²) in [5, 5.41) is 1.31. The highest BCUT2D eigenvalue weighted by Crippen LogP contribution is 2.34. The first-order chi connectivity index (χ1) is 11.0. The Labute approximate surface area is 141 Å². The first-order valence-electron chi connectivity index (χ1n) is 6.78. The maximum atomic E-state index is 12.8. The van der Waals surface area contributed by atoms with E-state index in [-0.39, 0.29) is 5.78 Å². The monoisotopic (exact) mass is 345 g/mol. The number of hydrogen-bond donors (Lipinski definition) is 0. The first kappa shape index (κ1) is 15.6. The third kappa shape index (κ3) is 2.73. The van der Waals surface area contributed by atoms with Crippen molar-refractivity contribution in [2.24, 2.45) is 0 Å². The van der Waals surface area contributed by atoms with Crippen molar-refractivity contribution in [3.63, 3.8) is 0 Å². The number of pyridine rings is 1. The number of carbonyl (C=O) groups excluding carboxylic acids is 2. The lowest BCUT2D eigenvalue weighted by atomic mass is 10.00. The number of nitrogens with zero attached hydrogens (tertiary/aromatic N) is 1. The molecule has 6 heteroatoms. The molecule has 2 heterocycles. The van der Waals surface area contributed by atoms with Crippen LogP contribution in [0, 0.1) is 6.92 Å². The van der Waals surface area contributed by atoms with Gasteiger partial charge in [-0.3, -0.25) is 9.78 Å². The number of halogens is 1. The summed E-state index contributed by atoms with van der Waals surface area (Å²) in [5.74, 6) is -0.564. The van der Waals surface area contributed by atoms with E-state index >= 15 is 0 Å². The van der Waals surface area contributed by atoms with Crippen LogP contribution >= 0.6 is 22.9 Å². The molecule has 0 aliphatic heterocycles. The zero-order valence-corrected chi connectivity index (χ0v) is 14.0. The third-order valence-electron chi connectivity index (χ3n) is 3.56. The normalized spacial score (nSPS) is 10.7. The topological polar surface area (TPSA) is 56.3 Å². The second-order valence-electron chi connectivity index (χ2n) is 4.94. The Morgan fingerprint density at radius 1 is 1.17 bits per heavy atom. The maximum Gasteiger partial charge on any atom is 0.348 e. The molecule has 116 valence electrons. The van der Waals surface area contributed by atoms with Gasteiger partial charge in [-0.2, -0.15) is 0 Å². The van der Waals surface area contributed by atoms with Crippen LogP contribution in [0.5, 0.6) is 0 Å². The Hall–Kier alpha value is -2.24. The number of benzene rings is 1. The number of methoxy groups -OCH3 is 1. The van der Waals surface area contributed by atoms with E-state index in [1.807, 2.05) is 6.92 Å². The molecule has 0 saturated heterocycles. The molecule has 2 aromatic heterocycles. The molecule has 0 amide bonds. The van der Waals surface area contributed by atoms with E-state index in [1.54, 1.807) is 30.5 Å². The number of carbonyl (C=O) groups is 2. The van der Waals surface area contributed by atoms with Gasteiger partial charge in [0.15, 0.2) is 5.78 Å². The van der Waals surface area contributed by atoms with Crippen LogP contribution in [-0.4, -0.2) is 23.8 Å². The molecule has 0 fully saturated rings. The highest BCUT2D eigenvalue weighted by molar-refractivity contribution is 7.21. The lowest BCUT2D eigenvalue weighted by Gasteiger charge is -2.04. The number of esters is 1. The number of aromatic nitrogens is 1. The largest absolute Gasteiger partial charge is 0.465 e. The predicted molar refractivity (Wildman–Crippen MR) is 90.6 cm³/mol. The van der Waals surface area contributed by atoms with Gasteiger partial charge in [-0.25, -0.2) is 4.79 Å². The molecule has 3 rings (SSSR count). The van der Waals surface area contributed by atoms with E-state index in [1.165, 1.54) is 24.6 Å². The van der Waals surface area contributed by atoms with Crippen molar-refractivity contribution in [2.45, 2.75) is 6.92 Å². The zero-order valence-electron chi connectivity index (χ0n) is 12.4. The molecule has 4 nitrogen and oxygen atoms in total. The lowest BCUT2D eigenvalue weighted by molar-refractivity contribution is 0.0605. The number of aryl methyl sites for hydroxylation is 1. The highest BCUT2D eigenvalue weighted by atomic mass is 35.5. The summed E-state index contributed by atoms with van der Waals surface area (Å²) in [5.41, 5.74) is 1.72. The Kier molecular flexibility index (Phi) is 4.15. The van der Waals surface area contributed by atoms with Crippen molar-refractivity contribution in [2.75, 3.05) is 7.11 Å². The van der Waals surface area contributed by atoms with Gasteiger partial charge in [0.05, 0.1) is 11.8 Å². The number of ketones is 1. The van der Waals surface area contributed by atoms with Gasteiger partial charge in [0, 0.05) is 33.9 Å². The molecule has 0 atom stereocenters. The predicted octanol–water partition coefficient (Wildman–Crippen LogP) is 4.28. The van der Waals surface area contributed by atoms with Gasteiger partial charge in [0.1, 0.15) is 4.88 Å². The van der Waals surface area contributed by atoms with Gasteiger partial charge < -0.3 is 4.74 Å². The summed E-state index contributed by atoms with van der Waals surface area (Å²) >= 11 is 7.14. The summed E-state index contributed by atoms with van der Waals surface area (Å²) in [7, 11) is 1.34. The van der Waals surface area contributed by atoms with Gasteiger partial charge in [0.2, 0.25) is 0 Å². The molecule has 0 spiro atoms. The molecular formula is C17H12ClNO3S. The smallest absolute Gasteiger partial charge is 0.348 e. The van der Waals surface area contributed by atoms with E-state index in [0.29, 0.717) is 21.0 Å². The number of thiophene rings is 1. The number of fused-ring (bicyclic) bond motifs is 1. The van der Waals surface area contributed by atoms with Gasteiger partial charge in [0.25, 0.3) is 0 Å². The van der Waals surface area contributed by atoms with Gasteiger partial charge in [-0.05, 0) is 36.8 Å². The molecule has 0 saturated carbocycles. The van der Waals surface area contributed by atoms with Crippen LogP contribution in [0.1, 0.15) is 31.2 Å². The Morgan fingerprint density at radius 3 is 2.52 bits per heavy atom. The molecule has 0 aliphatic carbocycles. The van der Waals surface area contributed by atoms with Gasteiger partial charge >= 0.3 is 5.97 Å². The fourth-order valence-electron chi connectivity index (χ4n) is 2.42. The highest BCUT2D eigenvalue weighted by Gasteiger charge is 2.21. The van der Waals surface area contributed by atoms with Crippen molar-refractivity contribution in [1.82, 2.24) is 4.98 Å². The van der Waals surface area contributed by atoms with Crippen LogP contribution in [0.4, 0.5) is 0 Å². The maximum absolute atomic E-state index is 12.8. The van der Waals surface area contributed by atoms with Crippen LogP contribution in [-0.2, 0) is 4.74 Å². The standard InChI is InChI=1S/C17H12ClNO3S/c1-9-14-12(15(20)10-3-5-11(18)6-4-10)7-19-8-13(14)23-16(9)17(21)22-2/h3-8H,1-2H3. The Bertz CT molecular complexity index is 915. The van der Waals surface area contributed by atoms with Crippen molar-refractivity contribution < 1.29 is 14.3 Å². The molecule has 1 aromatic carbocycles. The molecule has 3 aromatic rings. The SMILES string of the molecule is COC(=O)c1sc2cncc(C(=O)c3ccc(Cl)cc3)c2c1C. The first-order valence-corrected chi connectivity index (χ1v) is 7.98. The quantitative estimate of drug-likeness (QED) is 0.525. The van der Waals surface area contributed by atoms with Crippen LogP contribution in [0.3, 0.4) is 0 Å². The fourth-order valence-corrected chi connectivity index (χ4v) is 3.67. The molecule has 0 unspecified atom stereocenters. The second-order valence-corrected chi connectivity index (χ2v) is 6.43. The second kappa shape index (κ2) is 6.10. The van der Waals surface area contributed by atoms with E-state index < -0.39 is 5.97 Å². The Balaban J connectivity index is 2.18. The van der Waals surface area contributed by atoms with Gasteiger partial charge in [-0.15, -0.1) is 11.3 Å². The summed E-state index contributed by atoms with van der Waals surface area (Å²) in [6.07, 6.45) is 3.18. The van der Waals surface area contributed by atoms with Crippen LogP contribution < -0.4 is 0 Å². The van der Waals surface area contributed by atoms with Gasteiger partial charge in [-0.1, -0.05) is 11.6 Å². The number of rotatable bonds is 3. The summed E-state index contributed by atoms with van der Waals surface area (Å²) < 4.78 is 5.58. The summed E-state index contributed by atoms with van der Waals surface area (Å²) in [6.45, 7) is 1.81. The van der Waals surface area contributed by atoms with Crippen molar-refractivity contribution >= 4 is 44.8 Å². The van der Waals surface area contributed by atoms with Crippen LogP contribution in [0.25, 0.3) is 10.1 Å². The minimum Gasteiger partial charge on any atom is -0.465 e. The van der Waals surface area contributed by atoms with E-state index in [0.717, 1.165) is 15.6 Å². The number of ether oxygens (including phenoxy) is 1. The Morgan fingerprint density at radius 2 is 1.87 bits per heavy atom. The van der Waals surface area contributed by atoms with Crippen molar-refractivity contribution in [3.05, 3.63) is 63.2 Å². The average Bonchev–Trinajstić information content (AvgIpc) is 2.91. The third-order valence-corrected chi connectivity index (χ3v) is 5.02. The molecule has 0 aliphatic rings.